The van der Waals surface area contributed by atoms with E-state index in [1.165, 1.54) is 11.1 Å². The van der Waals surface area contributed by atoms with Crippen molar-refractivity contribution in [2.24, 2.45) is 0 Å². The van der Waals surface area contributed by atoms with Crippen LogP contribution in [0.1, 0.15) is 23.7 Å². The Kier molecular flexibility index (Phi) is 4.22. The largest absolute Gasteiger partial charge is 0.394 e. The van der Waals surface area contributed by atoms with Gasteiger partial charge in [0, 0.05) is 6.54 Å². The SMILES string of the molecule is CCc1ccc(CNc2nc(Cl)nc(C)c2N)cc1. The summed E-state index contributed by atoms with van der Waals surface area (Å²) in [4.78, 5) is 8.10. The number of anilines is 2. The van der Waals surface area contributed by atoms with E-state index in [1.807, 2.05) is 6.92 Å². The van der Waals surface area contributed by atoms with Crippen LogP contribution < -0.4 is 11.1 Å². The molecule has 1 aromatic heterocycles. The van der Waals surface area contributed by atoms with E-state index in [0.717, 1.165) is 6.42 Å². The third-order valence-corrected chi connectivity index (χ3v) is 3.17. The van der Waals surface area contributed by atoms with Crippen LogP contribution in [0, 0.1) is 6.92 Å². The summed E-state index contributed by atoms with van der Waals surface area (Å²) in [5.74, 6) is 0.581. The highest BCUT2D eigenvalue weighted by molar-refractivity contribution is 6.28. The summed E-state index contributed by atoms with van der Waals surface area (Å²) in [7, 11) is 0. The zero-order chi connectivity index (χ0) is 13.8. The number of hydrogen-bond donors (Lipinski definition) is 2. The Hall–Kier alpha value is -1.81. The molecule has 0 bridgehead atoms. The molecule has 3 N–H and O–H groups in total. The van der Waals surface area contributed by atoms with E-state index in [-0.39, 0.29) is 5.28 Å². The molecule has 5 heteroatoms. The Morgan fingerprint density at radius 3 is 2.42 bits per heavy atom. The summed E-state index contributed by atoms with van der Waals surface area (Å²) in [5, 5.41) is 3.39. The van der Waals surface area contributed by atoms with Crippen molar-refractivity contribution in [1.29, 1.82) is 0 Å². The second-order valence-electron chi connectivity index (χ2n) is 4.36. The van der Waals surface area contributed by atoms with Gasteiger partial charge in [-0.25, -0.2) is 4.98 Å². The lowest BCUT2D eigenvalue weighted by Gasteiger charge is -2.10. The Bertz CT molecular complexity index is 566. The van der Waals surface area contributed by atoms with Crippen LogP contribution in [0.3, 0.4) is 0 Å². The fraction of sp³-hybridized carbons (Fsp3) is 0.286. The van der Waals surface area contributed by atoms with Crippen molar-refractivity contribution in [2.45, 2.75) is 26.8 Å². The molecule has 0 fully saturated rings. The van der Waals surface area contributed by atoms with Crippen molar-refractivity contribution in [3.8, 4) is 0 Å². The van der Waals surface area contributed by atoms with Gasteiger partial charge in [-0.15, -0.1) is 0 Å². The molecule has 100 valence electrons. The van der Waals surface area contributed by atoms with Gasteiger partial charge in [-0.1, -0.05) is 31.2 Å². The fourth-order valence-electron chi connectivity index (χ4n) is 1.76. The van der Waals surface area contributed by atoms with E-state index in [2.05, 4.69) is 46.5 Å². The molecule has 2 aromatic rings. The molecule has 0 aliphatic carbocycles. The molecule has 19 heavy (non-hydrogen) atoms. The van der Waals surface area contributed by atoms with Crippen LogP contribution in [0.2, 0.25) is 5.28 Å². The van der Waals surface area contributed by atoms with Crippen molar-refractivity contribution < 1.29 is 0 Å². The molecule has 2 rings (SSSR count). The lowest BCUT2D eigenvalue weighted by Crippen LogP contribution is -2.07. The Balaban J connectivity index is 2.09. The highest BCUT2D eigenvalue weighted by atomic mass is 35.5. The van der Waals surface area contributed by atoms with Gasteiger partial charge >= 0.3 is 0 Å². The quantitative estimate of drug-likeness (QED) is 0.842. The van der Waals surface area contributed by atoms with E-state index in [0.29, 0.717) is 23.7 Å². The minimum Gasteiger partial charge on any atom is -0.394 e. The van der Waals surface area contributed by atoms with Gasteiger partial charge in [-0.2, -0.15) is 4.98 Å². The number of benzene rings is 1. The van der Waals surface area contributed by atoms with E-state index in [1.54, 1.807) is 0 Å². The van der Waals surface area contributed by atoms with Crippen molar-refractivity contribution in [1.82, 2.24) is 9.97 Å². The lowest BCUT2D eigenvalue weighted by atomic mass is 10.1. The number of hydrogen-bond acceptors (Lipinski definition) is 4. The van der Waals surface area contributed by atoms with Gasteiger partial charge in [0.2, 0.25) is 5.28 Å². The van der Waals surface area contributed by atoms with Crippen LogP contribution in [0.25, 0.3) is 0 Å². The number of aromatic nitrogens is 2. The molecule has 1 aromatic carbocycles. The van der Waals surface area contributed by atoms with Crippen molar-refractivity contribution in [3.63, 3.8) is 0 Å². The molecule has 0 unspecified atom stereocenters. The van der Waals surface area contributed by atoms with Gasteiger partial charge in [0.05, 0.1) is 11.4 Å². The normalized spacial score (nSPS) is 10.5. The summed E-state index contributed by atoms with van der Waals surface area (Å²) in [6.07, 6.45) is 1.04. The molecule has 0 aliphatic heterocycles. The first-order valence-corrected chi connectivity index (χ1v) is 6.59. The second kappa shape index (κ2) is 5.89. The highest BCUT2D eigenvalue weighted by Crippen LogP contribution is 2.21. The van der Waals surface area contributed by atoms with Crippen LogP contribution in [0.5, 0.6) is 0 Å². The fourth-order valence-corrected chi connectivity index (χ4v) is 1.97. The van der Waals surface area contributed by atoms with E-state index in [9.17, 15) is 0 Å². The third kappa shape index (κ3) is 3.35. The van der Waals surface area contributed by atoms with Gasteiger partial charge in [-0.05, 0) is 36.1 Å². The first-order valence-electron chi connectivity index (χ1n) is 6.21. The monoisotopic (exact) mass is 276 g/mol. The molecule has 0 radical (unpaired) electrons. The Morgan fingerprint density at radius 1 is 1.16 bits per heavy atom. The topological polar surface area (TPSA) is 63.8 Å². The molecule has 4 nitrogen and oxygen atoms in total. The number of nitrogens with zero attached hydrogens (tertiary/aromatic N) is 2. The summed E-state index contributed by atoms with van der Waals surface area (Å²) in [5.41, 5.74) is 9.63. The van der Waals surface area contributed by atoms with Crippen LogP contribution in [0.15, 0.2) is 24.3 Å². The number of halogens is 1. The van der Waals surface area contributed by atoms with E-state index in [4.69, 9.17) is 17.3 Å². The third-order valence-electron chi connectivity index (χ3n) is 3.00. The second-order valence-corrected chi connectivity index (χ2v) is 4.70. The van der Waals surface area contributed by atoms with E-state index < -0.39 is 0 Å². The summed E-state index contributed by atoms with van der Waals surface area (Å²) in [6, 6.07) is 8.44. The van der Waals surface area contributed by atoms with Crippen molar-refractivity contribution >= 4 is 23.1 Å². The standard InChI is InChI=1S/C14H17ClN4/c1-3-10-4-6-11(7-5-10)8-17-13-12(16)9(2)18-14(15)19-13/h4-7H,3,8,16H2,1-2H3,(H,17,18,19). The molecule has 0 saturated carbocycles. The molecule has 0 atom stereocenters. The Labute approximate surface area is 118 Å². The molecular formula is C14H17ClN4. The minimum absolute atomic E-state index is 0.204. The number of aryl methyl sites for hydroxylation is 2. The number of nitrogens with one attached hydrogen (secondary N) is 1. The zero-order valence-corrected chi connectivity index (χ0v) is 11.8. The smallest absolute Gasteiger partial charge is 0.224 e. The van der Waals surface area contributed by atoms with Gasteiger partial charge in [0.25, 0.3) is 0 Å². The average Bonchev–Trinajstić information content (AvgIpc) is 2.41. The van der Waals surface area contributed by atoms with Crippen LogP contribution in [-0.4, -0.2) is 9.97 Å². The van der Waals surface area contributed by atoms with Crippen molar-refractivity contribution in [2.75, 3.05) is 11.1 Å². The summed E-state index contributed by atoms with van der Waals surface area (Å²) >= 11 is 5.83. The summed E-state index contributed by atoms with van der Waals surface area (Å²) < 4.78 is 0. The first kappa shape index (κ1) is 13.6. The maximum Gasteiger partial charge on any atom is 0.224 e. The molecule has 1 heterocycles. The van der Waals surface area contributed by atoms with Crippen LogP contribution in [0.4, 0.5) is 11.5 Å². The van der Waals surface area contributed by atoms with Gasteiger partial charge in [0.15, 0.2) is 5.82 Å². The maximum atomic E-state index is 5.92. The molecular weight excluding hydrogens is 260 g/mol. The predicted octanol–water partition coefficient (Wildman–Crippen LogP) is 3.20. The predicted molar refractivity (Wildman–Crippen MR) is 79.3 cm³/mol. The number of nitrogen functional groups attached to an aromatic ring is 1. The van der Waals surface area contributed by atoms with Crippen LogP contribution in [-0.2, 0) is 13.0 Å². The lowest BCUT2D eigenvalue weighted by molar-refractivity contribution is 1.05. The molecule has 0 spiro atoms. The highest BCUT2D eigenvalue weighted by Gasteiger charge is 2.07. The van der Waals surface area contributed by atoms with Crippen LogP contribution >= 0.6 is 11.6 Å². The number of rotatable bonds is 4. The number of nitrogens with two attached hydrogens (primary N) is 1. The first-order chi connectivity index (χ1) is 9.10. The average molecular weight is 277 g/mol. The molecule has 0 aliphatic rings. The van der Waals surface area contributed by atoms with E-state index >= 15 is 0 Å². The zero-order valence-electron chi connectivity index (χ0n) is 11.1. The van der Waals surface area contributed by atoms with Gasteiger partial charge in [-0.3, -0.25) is 0 Å². The van der Waals surface area contributed by atoms with Gasteiger partial charge in [0.1, 0.15) is 0 Å². The Morgan fingerprint density at radius 2 is 1.79 bits per heavy atom. The summed E-state index contributed by atoms with van der Waals surface area (Å²) in [6.45, 7) is 4.60. The molecule has 0 saturated heterocycles. The van der Waals surface area contributed by atoms with Gasteiger partial charge < -0.3 is 11.1 Å². The minimum atomic E-state index is 0.204. The maximum absolute atomic E-state index is 5.92. The molecule has 0 amide bonds. The van der Waals surface area contributed by atoms with Crippen molar-refractivity contribution in [3.05, 3.63) is 46.4 Å².